The van der Waals surface area contributed by atoms with Gasteiger partial charge in [0.25, 0.3) is 0 Å². The molecule has 0 fully saturated rings. The maximum Gasteiger partial charge on any atom is 0.327 e. The normalized spacial score (nSPS) is 14.3. The van der Waals surface area contributed by atoms with Gasteiger partial charge in [0.2, 0.25) is 11.8 Å². The van der Waals surface area contributed by atoms with Crippen molar-refractivity contribution in [3.63, 3.8) is 0 Å². The second kappa shape index (κ2) is 10.2. The van der Waals surface area contributed by atoms with Gasteiger partial charge in [-0.05, 0) is 12.0 Å². The van der Waals surface area contributed by atoms with Crippen LogP contribution in [-0.4, -0.2) is 52.5 Å². The molecule has 3 atom stereocenters. The van der Waals surface area contributed by atoms with E-state index in [1.165, 1.54) is 0 Å². The van der Waals surface area contributed by atoms with Crippen molar-refractivity contribution in [2.45, 2.75) is 24.5 Å². The first-order valence-corrected chi connectivity index (χ1v) is 8.50. The molecule has 0 heterocycles. The molecule has 2 amide bonds. The molecule has 1 aromatic rings. The van der Waals surface area contributed by atoms with E-state index in [1.807, 2.05) is 30.3 Å². The maximum absolute atomic E-state index is 12.1. The van der Waals surface area contributed by atoms with Gasteiger partial charge < -0.3 is 21.5 Å². The van der Waals surface area contributed by atoms with Gasteiger partial charge in [-0.1, -0.05) is 30.3 Å². The molecule has 0 saturated heterocycles. The van der Waals surface area contributed by atoms with Gasteiger partial charge in [0, 0.05) is 11.5 Å². The van der Waals surface area contributed by atoms with Crippen LogP contribution in [0.4, 0.5) is 0 Å². The minimum atomic E-state index is -1.21. The maximum atomic E-state index is 12.1. The number of hydrogen-bond donors (Lipinski definition) is 6. The van der Waals surface area contributed by atoms with Crippen LogP contribution >= 0.6 is 25.3 Å². The van der Waals surface area contributed by atoms with Crippen LogP contribution in [0.1, 0.15) is 5.56 Å². The molecular formula is C15H21N3O4S2. The van der Waals surface area contributed by atoms with E-state index in [-0.39, 0.29) is 11.5 Å². The Bertz CT molecular complexity index is 571. The van der Waals surface area contributed by atoms with Crippen LogP contribution in [0, 0.1) is 0 Å². The number of hydrogen-bond acceptors (Lipinski definition) is 6. The molecule has 0 spiro atoms. The Kier molecular flexibility index (Phi) is 8.66. The summed E-state index contributed by atoms with van der Waals surface area (Å²) in [5, 5.41) is 13.7. The van der Waals surface area contributed by atoms with Gasteiger partial charge in [-0.15, -0.1) is 0 Å². The summed E-state index contributed by atoms with van der Waals surface area (Å²) in [6.45, 7) is 0. The number of nitrogens with two attached hydrogens (primary N) is 1. The third-order valence-electron chi connectivity index (χ3n) is 3.25. The van der Waals surface area contributed by atoms with Crippen LogP contribution < -0.4 is 16.4 Å². The summed E-state index contributed by atoms with van der Waals surface area (Å²) in [7, 11) is 0. The second-order valence-electron chi connectivity index (χ2n) is 5.12. The lowest BCUT2D eigenvalue weighted by Gasteiger charge is -2.21. The molecule has 1 aromatic carbocycles. The molecule has 0 aliphatic rings. The van der Waals surface area contributed by atoms with Crippen molar-refractivity contribution < 1.29 is 19.5 Å². The van der Waals surface area contributed by atoms with Crippen LogP contribution in [0.3, 0.4) is 0 Å². The summed E-state index contributed by atoms with van der Waals surface area (Å²) in [5.74, 6) is -2.42. The Labute approximate surface area is 151 Å². The Hall–Kier alpha value is -1.71. The molecule has 1 rings (SSSR count). The number of rotatable bonds is 9. The number of nitrogens with one attached hydrogen (secondary N) is 2. The molecule has 0 saturated carbocycles. The van der Waals surface area contributed by atoms with Gasteiger partial charge in [-0.2, -0.15) is 25.3 Å². The van der Waals surface area contributed by atoms with E-state index in [1.54, 1.807) is 0 Å². The van der Waals surface area contributed by atoms with Crippen LogP contribution in [-0.2, 0) is 20.8 Å². The first-order chi connectivity index (χ1) is 11.4. The van der Waals surface area contributed by atoms with Crippen molar-refractivity contribution in [1.82, 2.24) is 10.6 Å². The third-order valence-corrected chi connectivity index (χ3v) is 3.98. The van der Waals surface area contributed by atoms with Crippen LogP contribution in [0.2, 0.25) is 0 Å². The molecule has 5 N–H and O–H groups in total. The summed E-state index contributed by atoms with van der Waals surface area (Å²) >= 11 is 7.88. The highest BCUT2D eigenvalue weighted by Gasteiger charge is 2.26. The number of aliphatic carboxylic acids is 1. The molecule has 0 aliphatic carbocycles. The van der Waals surface area contributed by atoms with Crippen molar-refractivity contribution >= 4 is 43.0 Å². The summed E-state index contributed by atoms with van der Waals surface area (Å²) < 4.78 is 0. The molecule has 24 heavy (non-hydrogen) atoms. The SMILES string of the molecule is N[C@@H](Cc1ccccc1)C(=O)N[C@@H](CS)C(=O)N[C@@H](CS)C(=O)O. The van der Waals surface area contributed by atoms with E-state index in [0.717, 1.165) is 5.56 Å². The average Bonchev–Trinajstić information content (AvgIpc) is 2.57. The van der Waals surface area contributed by atoms with E-state index in [0.29, 0.717) is 6.42 Å². The standard InChI is InChI=1S/C15H21N3O4S2/c16-10(6-9-4-2-1-3-5-9)13(19)17-11(7-23)14(20)18-12(8-24)15(21)22/h1-5,10-12,23-24H,6-8,16H2,(H,17,19)(H,18,20)(H,21,22)/t10-,11-,12-/m0/s1. The van der Waals surface area contributed by atoms with Crippen molar-refractivity contribution in [3.8, 4) is 0 Å². The number of benzene rings is 1. The minimum absolute atomic E-state index is 0.00847. The van der Waals surface area contributed by atoms with Crippen molar-refractivity contribution in [2.24, 2.45) is 5.73 Å². The third kappa shape index (κ3) is 6.42. The lowest BCUT2D eigenvalue weighted by molar-refractivity contribution is -0.141. The van der Waals surface area contributed by atoms with Crippen molar-refractivity contribution in [1.29, 1.82) is 0 Å². The summed E-state index contributed by atoms with van der Waals surface area (Å²) in [6.07, 6.45) is 0.321. The van der Waals surface area contributed by atoms with Crippen LogP contribution in [0.15, 0.2) is 30.3 Å². The van der Waals surface area contributed by atoms with E-state index >= 15 is 0 Å². The molecule has 0 aliphatic heterocycles. The van der Waals surface area contributed by atoms with Crippen LogP contribution in [0.25, 0.3) is 0 Å². The number of carbonyl (C=O) groups excluding carboxylic acids is 2. The van der Waals surface area contributed by atoms with Gasteiger partial charge in [0.1, 0.15) is 12.1 Å². The van der Waals surface area contributed by atoms with Gasteiger partial charge in [-0.25, -0.2) is 4.79 Å². The van der Waals surface area contributed by atoms with E-state index < -0.39 is 35.9 Å². The smallest absolute Gasteiger partial charge is 0.327 e. The number of carboxylic acids is 1. The number of carboxylic acid groups (broad SMARTS) is 1. The monoisotopic (exact) mass is 371 g/mol. The fourth-order valence-corrected chi connectivity index (χ4v) is 2.40. The molecule has 0 bridgehead atoms. The van der Waals surface area contributed by atoms with Gasteiger partial charge in [0.05, 0.1) is 6.04 Å². The quantitative estimate of drug-likeness (QED) is 0.326. The molecule has 0 aromatic heterocycles. The minimum Gasteiger partial charge on any atom is -0.480 e. The van der Waals surface area contributed by atoms with E-state index in [2.05, 4.69) is 35.9 Å². The van der Waals surface area contributed by atoms with Crippen molar-refractivity contribution in [3.05, 3.63) is 35.9 Å². The highest BCUT2D eigenvalue weighted by molar-refractivity contribution is 7.80. The first-order valence-electron chi connectivity index (χ1n) is 7.23. The summed E-state index contributed by atoms with van der Waals surface area (Å²) in [4.78, 5) is 35.1. The molecule has 0 radical (unpaired) electrons. The average molecular weight is 371 g/mol. The Morgan fingerprint density at radius 3 is 2.04 bits per heavy atom. The zero-order valence-corrected chi connectivity index (χ0v) is 14.7. The Morgan fingerprint density at radius 1 is 1.00 bits per heavy atom. The summed E-state index contributed by atoms with van der Waals surface area (Å²) in [6, 6.07) is 6.28. The highest BCUT2D eigenvalue weighted by Crippen LogP contribution is 2.02. The molecule has 9 heteroatoms. The number of thiol groups is 2. The Morgan fingerprint density at radius 2 is 1.54 bits per heavy atom. The predicted molar refractivity (Wildman–Crippen MR) is 97.3 cm³/mol. The second-order valence-corrected chi connectivity index (χ2v) is 5.85. The summed E-state index contributed by atoms with van der Waals surface area (Å²) in [5.41, 5.74) is 6.75. The predicted octanol–water partition coefficient (Wildman–Crippen LogP) is -0.530. The van der Waals surface area contributed by atoms with Gasteiger partial charge >= 0.3 is 5.97 Å². The van der Waals surface area contributed by atoms with Gasteiger partial charge in [0.15, 0.2) is 0 Å². The lowest BCUT2D eigenvalue weighted by Crippen LogP contribution is -2.55. The fraction of sp³-hybridized carbons (Fsp3) is 0.400. The van der Waals surface area contributed by atoms with Gasteiger partial charge in [-0.3, -0.25) is 9.59 Å². The fourth-order valence-electron chi connectivity index (χ4n) is 1.89. The number of carbonyl (C=O) groups is 3. The lowest BCUT2D eigenvalue weighted by atomic mass is 10.1. The first kappa shape index (κ1) is 20.3. The molecule has 0 unspecified atom stereocenters. The molecule has 7 nitrogen and oxygen atoms in total. The van der Waals surface area contributed by atoms with E-state index in [9.17, 15) is 14.4 Å². The Balaban J connectivity index is 2.61. The van der Waals surface area contributed by atoms with Crippen molar-refractivity contribution in [2.75, 3.05) is 11.5 Å². The van der Waals surface area contributed by atoms with Crippen LogP contribution in [0.5, 0.6) is 0 Å². The topological polar surface area (TPSA) is 122 Å². The zero-order valence-electron chi connectivity index (χ0n) is 12.9. The molecular weight excluding hydrogens is 350 g/mol. The zero-order chi connectivity index (χ0) is 18.1. The highest BCUT2D eigenvalue weighted by atomic mass is 32.1. The number of amides is 2. The van der Waals surface area contributed by atoms with E-state index in [4.69, 9.17) is 10.8 Å². The molecule has 132 valence electrons. The largest absolute Gasteiger partial charge is 0.480 e.